The zero-order valence-electron chi connectivity index (χ0n) is 12.7. The average Bonchev–Trinajstić information content (AvgIpc) is 3.11. The summed E-state index contributed by atoms with van der Waals surface area (Å²) in [5.41, 5.74) is 1.50. The summed E-state index contributed by atoms with van der Waals surface area (Å²) in [6.45, 7) is 0. The van der Waals surface area contributed by atoms with Crippen molar-refractivity contribution in [3.05, 3.63) is 59.1 Å². The highest BCUT2D eigenvalue weighted by Gasteiger charge is 2.14. The van der Waals surface area contributed by atoms with Gasteiger partial charge in [0.2, 0.25) is 5.82 Å². The minimum absolute atomic E-state index is 0.229. The van der Waals surface area contributed by atoms with Crippen molar-refractivity contribution < 1.29 is 9.26 Å². The molecule has 118 valence electrons. The molecule has 0 saturated carbocycles. The van der Waals surface area contributed by atoms with Gasteiger partial charge in [-0.3, -0.25) is 9.78 Å². The van der Waals surface area contributed by atoms with Crippen molar-refractivity contribution in [1.29, 1.82) is 0 Å². The molecule has 4 aromatic rings. The minimum Gasteiger partial charge on any atom is -0.497 e. The van der Waals surface area contributed by atoms with E-state index in [2.05, 4.69) is 20.1 Å². The molecule has 3 heterocycles. The van der Waals surface area contributed by atoms with Crippen molar-refractivity contribution in [3.63, 3.8) is 0 Å². The molecule has 24 heavy (non-hydrogen) atoms. The quantitative estimate of drug-likeness (QED) is 0.623. The second-order valence-corrected chi connectivity index (χ2v) is 5.12. The lowest BCUT2D eigenvalue weighted by Crippen LogP contribution is -2.09. The monoisotopic (exact) mass is 320 g/mol. The first kappa shape index (κ1) is 14.1. The molecule has 0 fully saturated rings. The van der Waals surface area contributed by atoms with Crippen LogP contribution in [0.15, 0.2) is 58.1 Å². The molecule has 0 radical (unpaired) electrons. The standard InChI is InChI=1S/C17H12N4O3/c1-23-12-2-3-14-11(8-12)9-13(16(22)19-14)15-20-17(24-21-15)10-4-6-18-7-5-10/h2-9H,1H3,(H,19,22). The van der Waals surface area contributed by atoms with Crippen molar-refractivity contribution >= 4 is 10.9 Å². The Bertz CT molecular complexity index is 1070. The Labute approximate surface area is 135 Å². The number of methoxy groups -OCH3 is 1. The van der Waals surface area contributed by atoms with Gasteiger partial charge in [0, 0.05) is 28.9 Å². The molecule has 0 atom stereocenters. The molecule has 0 aliphatic carbocycles. The van der Waals surface area contributed by atoms with E-state index in [4.69, 9.17) is 9.26 Å². The van der Waals surface area contributed by atoms with Crippen LogP contribution in [0.2, 0.25) is 0 Å². The predicted octanol–water partition coefficient (Wildman–Crippen LogP) is 2.65. The van der Waals surface area contributed by atoms with Crippen LogP contribution >= 0.6 is 0 Å². The molecule has 0 amide bonds. The van der Waals surface area contributed by atoms with Crippen molar-refractivity contribution in [2.24, 2.45) is 0 Å². The Morgan fingerprint density at radius 3 is 2.75 bits per heavy atom. The number of benzene rings is 1. The number of hydrogen-bond acceptors (Lipinski definition) is 6. The number of ether oxygens (including phenoxy) is 1. The van der Waals surface area contributed by atoms with Crippen LogP contribution in [0.1, 0.15) is 0 Å². The molecule has 0 unspecified atom stereocenters. The summed E-state index contributed by atoms with van der Waals surface area (Å²) >= 11 is 0. The number of H-pyrrole nitrogens is 1. The number of fused-ring (bicyclic) bond motifs is 1. The lowest BCUT2D eigenvalue weighted by Gasteiger charge is -2.03. The summed E-state index contributed by atoms with van der Waals surface area (Å²) in [5.74, 6) is 1.26. The number of aromatic amines is 1. The van der Waals surface area contributed by atoms with Gasteiger partial charge < -0.3 is 14.2 Å². The second-order valence-electron chi connectivity index (χ2n) is 5.12. The zero-order valence-corrected chi connectivity index (χ0v) is 12.7. The third-order valence-electron chi connectivity index (χ3n) is 3.65. The minimum atomic E-state index is -0.283. The van der Waals surface area contributed by atoms with Crippen LogP contribution in [0.4, 0.5) is 0 Å². The van der Waals surface area contributed by atoms with Crippen molar-refractivity contribution in [2.45, 2.75) is 0 Å². The number of aromatic nitrogens is 4. The van der Waals surface area contributed by atoms with E-state index < -0.39 is 0 Å². The number of pyridine rings is 2. The smallest absolute Gasteiger partial charge is 0.259 e. The maximum Gasteiger partial charge on any atom is 0.259 e. The third kappa shape index (κ3) is 2.41. The Morgan fingerprint density at radius 1 is 1.12 bits per heavy atom. The highest BCUT2D eigenvalue weighted by Crippen LogP contribution is 2.23. The summed E-state index contributed by atoms with van der Waals surface area (Å²) in [6.07, 6.45) is 3.27. The van der Waals surface area contributed by atoms with Crippen LogP contribution in [-0.2, 0) is 0 Å². The summed E-state index contributed by atoms with van der Waals surface area (Å²) < 4.78 is 10.5. The molecule has 4 rings (SSSR count). The van der Waals surface area contributed by atoms with Crippen LogP contribution in [0.5, 0.6) is 5.75 Å². The Balaban J connectivity index is 1.83. The number of rotatable bonds is 3. The fourth-order valence-electron chi connectivity index (χ4n) is 2.42. The molecule has 3 aromatic heterocycles. The van der Waals surface area contributed by atoms with E-state index in [1.807, 2.05) is 6.07 Å². The van der Waals surface area contributed by atoms with Gasteiger partial charge in [-0.05, 0) is 36.4 Å². The lowest BCUT2D eigenvalue weighted by molar-refractivity contribution is 0.415. The largest absolute Gasteiger partial charge is 0.497 e. The number of nitrogens with zero attached hydrogens (tertiary/aromatic N) is 3. The van der Waals surface area contributed by atoms with E-state index >= 15 is 0 Å². The third-order valence-corrected chi connectivity index (χ3v) is 3.65. The van der Waals surface area contributed by atoms with Crippen molar-refractivity contribution in [2.75, 3.05) is 7.11 Å². The van der Waals surface area contributed by atoms with Gasteiger partial charge in [-0.2, -0.15) is 4.98 Å². The average molecular weight is 320 g/mol. The fourth-order valence-corrected chi connectivity index (χ4v) is 2.42. The maximum absolute atomic E-state index is 12.3. The normalized spacial score (nSPS) is 10.9. The van der Waals surface area contributed by atoms with E-state index in [9.17, 15) is 4.79 Å². The summed E-state index contributed by atoms with van der Waals surface area (Å²) in [7, 11) is 1.59. The van der Waals surface area contributed by atoms with Crippen LogP contribution < -0.4 is 10.3 Å². The summed E-state index contributed by atoms with van der Waals surface area (Å²) in [4.78, 5) is 23.4. The first-order chi connectivity index (χ1) is 11.7. The van der Waals surface area contributed by atoms with Crippen LogP contribution in [0, 0.1) is 0 Å². The summed E-state index contributed by atoms with van der Waals surface area (Å²) in [5, 5.41) is 4.73. The molecule has 0 aliphatic rings. The second kappa shape index (κ2) is 5.62. The molecule has 0 bridgehead atoms. The van der Waals surface area contributed by atoms with Gasteiger partial charge in [0.1, 0.15) is 5.75 Å². The van der Waals surface area contributed by atoms with Gasteiger partial charge in [-0.25, -0.2) is 0 Å². The molecule has 0 spiro atoms. The molecule has 1 aromatic carbocycles. The molecular formula is C17H12N4O3. The molecule has 0 aliphatic heterocycles. The van der Waals surface area contributed by atoms with E-state index in [0.29, 0.717) is 22.7 Å². The van der Waals surface area contributed by atoms with Crippen LogP contribution in [0.3, 0.4) is 0 Å². The van der Waals surface area contributed by atoms with Gasteiger partial charge in [0.05, 0.1) is 12.7 Å². The SMILES string of the molecule is COc1ccc2[nH]c(=O)c(-c3noc(-c4ccncc4)n3)cc2c1. The first-order valence-corrected chi connectivity index (χ1v) is 7.20. The van der Waals surface area contributed by atoms with Gasteiger partial charge in [0.25, 0.3) is 11.4 Å². The highest BCUT2D eigenvalue weighted by atomic mass is 16.5. The Kier molecular flexibility index (Phi) is 3.31. The fraction of sp³-hybridized carbons (Fsp3) is 0.0588. The molecule has 0 saturated heterocycles. The van der Waals surface area contributed by atoms with E-state index in [0.717, 1.165) is 10.9 Å². The topological polar surface area (TPSA) is 93.9 Å². The van der Waals surface area contributed by atoms with Gasteiger partial charge in [-0.1, -0.05) is 5.16 Å². The van der Waals surface area contributed by atoms with E-state index in [-0.39, 0.29) is 11.4 Å². The van der Waals surface area contributed by atoms with E-state index in [1.54, 1.807) is 49.8 Å². The molecule has 7 heteroatoms. The lowest BCUT2D eigenvalue weighted by atomic mass is 10.1. The zero-order chi connectivity index (χ0) is 16.5. The highest BCUT2D eigenvalue weighted by molar-refractivity contribution is 5.83. The molecular weight excluding hydrogens is 308 g/mol. The van der Waals surface area contributed by atoms with Gasteiger partial charge in [-0.15, -0.1) is 0 Å². The van der Waals surface area contributed by atoms with Crippen LogP contribution in [0.25, 0.3) is 33.7 Å². The maximum atomic E-state index is 12.3. The Morgan fingerprint density at radius 2 is 1.96 bits per heavy atom. The predicted molar refractivity (Wildman–Crippen MR) is 87.6 cm³/mol. The van der Waals surface area contributed by atoms with Crippen molar-refractivity contribution in [3.8, 4) is 28.6 Å². The summed E-state index contributed by atoms with van der Waals surface area (Å²) in [6, 6.07) is 10.6. The van der Waals surface area contributed by atoms with Crippen LogP contribution in [-0.4, -0.2) is 27.2 Å². The van der Waals surface area contributed by atoms with E-state index in [1.165, 1.54) is 0 Å². The van der Waals surface area contributed by atoms with Crippen molar-refractivity contribution in [1.82, 2.24) is 20.1 Å². The molecule has 7 nitrogen and oxygen atoms in total. The molecule has 1 N–H and O–H groups in total. The van der Waals surface area contributed by atoms with Gasteiger partial charge >= 0.3 is 0 Å². The number of nitrogens with one attached hydrogen (secondary N) is 1. The Hall–Kier alpha value is -3.48. The number of hydrogen-bond donors (Lipinski definition) is 1. The first-order valence-electron chi connectivity index (χ1n) is 7.20. The van der Waals surface area contributed by atoms with Gasteiger partial charge in [0.15, 0.2) is 0 Å².